The number of benzene rings is 2. The van der Waals surface area contributed by atoms with Gasteiger partial charge in [-0.3, -0.25) is 5.32 Å². The van der Waals surface area contributed by atoms with Gasteiger partial charge in [0.15, 0.2) is 0 Å². The first-order valence-electron chi connectivity index (χ1n) is 9.44. The molecule has 0 saturated heterocycles. The van der Waals surface area contributed by atoms with E-state index in [0.717, 1.165) is 45.6 Å². The Morgan fingerprint density at radius 2 is 1.67 bits per heavy atom. The molecule has 0 aliphatic rings. The third-order valence-corrected chi connectivity index (χ3v) is 4.80. The van der Waals surface area contributed by atoms with Gasteiger partial charge in [0.25, 0.3) is 5.82 Å². The predicted molar refractivity (Wildman–Crippen MR) is 111 cm³/mol. The van der Waals surface area contributed by atoms with Crippen molar-refractivity contribution in [3.63, 3.8) is 0 Å². The summed E-state index contributed by atoms with van der Waals surface area (Å²) in [6.07, 6.45) is 1.87. The van der Waals surface area contributed by atoms with E-state index in [1.807, 2.05) is 30.5 Å². The van der Waals surface area contributed by atoms with Crippen LogP contribution in [-0.2, 0) is 6.54 Å². The summed E-state index contributed by atoms with van der Waals surface area (Å²) in [5.74, 6) is 0.857. The van der Waals surface area contributed by atoms with Crippen molar-refractivity contribution in [3.05, 3.63) is 78.5 Å². The largest absolute Gasteiger partial charge is 1.00 e. The minimum absolute atomic E-state index is 0. The van der Waals surface area contributed by atoms with E-state index in [9.17, 15) is 5.11 Å². The van der Waals surface area contributed by atoms with E-state index >= 15 is 0 Å². The molecule has 0 saturated carbocycles. The average molecular weight is 443 g/mol. The smallest absolute Gasteiger partial charge is 0.281 e. The molecule has 0 fully saturated rings. The molecule has 2 aromatic heterocycles. The Balaban J connectivity index is 0.00000160. The van der Waals surface area contributed by atoms with Crippen LogP contribution in [0.3, 0.4) is 0 Å². The van der Waals surface area contributed by atoms with E-state index in [2.05, 4.69) is 58.5 Å². The van der Waals surface area contributed by atoms with Crippen molar-refractivity contribution in [1.82, 2.24) is 4.98 Å². The Bertz CT molecular complexity index is 1090. The first-order chi connectivity index (χ1) is 13.8. The van der Waals surface area contributed by atoms with Crippen LogP contribution < -0.4 is 40.8 Å². The number of nitrogens with zero attached hydrogens (tertiary/aromatic N) is 1. The van der Waals surface area contributed by atoms with Crippen LogP contribution in [0.1, 0.15) is 5.56 Å². The minimum Gasteiger partial charge on any atom is -1.00 e. The zero-order valence-electron chi connectivity index (χ0n) is 16.4. The van der Waals surface area contributed by atoms with Crippen molar-refractivity contribution in [3.8, 4) is 22.4 Å². The lowest BCUT2D eigenvalue weighted by atomic mass is 9.97. The van der Waals surface area contributed by atoms with Gasteiger partial charge in [0.1, 0.15) is 6.54 Å². The average Bonchev–Trinajstić information content (AvgIpc) is 2.77. The van der Waals surface area contributed by atoms with E-state index in [4.69, 9.17) is 4.98 Å². The summed E-state index contributed by atoms with van der Waals surface area (Å²) in [7, 11) is 0. The Morgan fingerprint density at radius 3 is 2.33 bits per heavy atom. The number of hydrogen-bond acceptors (Lipinski definition) is 3. The molecule has 0 amide bonds. The van der Waals surface area contributed by atoms with Crippen LogP contribution in [-0.4, -0.2) is 23.2 Å². The summed E-state index contributed by atoms with van der Waals surface area (Å²) in [5.41, 5.74) is 10.3. The summed E-state index contributed by atoms with van der Waals surface area (Å²) in [6, 6.07) is 22.9. The summed E-state index contributed by atoms with van der Waals surface area (Å²) in [6.45, 7) is 1.32. The van der Waals surface area contributed by atoms with Gasteiger partial charge < -0.3 is 35.7 Å². The van der Waals surface area contributed by atoms with Crippen LogP contribution in [0.2, 0.25) is 0 Å². The number of aromatic amines is 1. The molecule has 4 aromatic rings. The number of anilines is 1. The zero-order chi connectivity index (χ0) is 19.3. The molecule has 2 aromatic carbocycles. The van der Waals surface area contributed by atoms with Crippen LogP contribution in [0.15, 0.2) is 72.9 Å². The maximum absolute atomic E-state index is 9.17. The van der Waals surface area contributed by atoms with Gasteiger partial charge >= 0.3 is 0 Å². The molecular formula is C23H24Cl2N4O. The fourth-order valence-electron chi connectivity index (χ4n) is 3.35. The van der Waals surface area contributed by atoms with Crippen molar-refractivity contribution in [2.75, 3.05) is 18.5 Å². The summed E-state index contributed by atoms with van der Waals surface area (Å²) >= 11 is 0. The van der Waals surface area contributed by atoms with Crippen LogP contribution in [0.25, 0.3) is 33.3 Å². The van der Waals surface area contributed by atoms with Gasteiger partial charge in [-0.15, -0.1) is 0 Å². The number of hydrogen-bond donors (Lipinski definition) is 3. The fraction of sp³-hybridized carbons (Fsp3) is 0.130. The van der Waals surface area contributed by atoms with Gasteiger partial charge in [-0.25, -0.2) is 9.97 Å². The number of pyridine rings is 2. The van der Waals surface area contributed by atoms with Gasteiger partial charge in [-0.1, -0.05) is 54.6 Å². The van der Waals surface area contributed by atoms with Crippen LogP contribution in [0.4, 0.5) is 5.82 Å². The molecule has 6 N–H and O–H groups in total. The highest BCUT2D eigenvalue weighted by molar-refractivity contribution is 5.95. The quantitative estimate of drug-likeness (QED) is 0.290. The Labute approximate surface area is 188 Å². The van der Waals surface area contributed by atoms with E-state index in [-0.39, 0.29) is 31.4 Å². The second kappa shape index (κ2) is 10.9. The molecule has 2 heterocycles. The molecule has 156 valence electrons. The summed E-state index contributed by atoms with van der Waals surface area (Å²) in [4.78, 5) is 8.24. The Morgan fingerprint density at radius 1 is 0.933 bits per heavy atom. The number of quaternary nitrogens is 1. The molecule has 0 spiro atoms. The van der Waals surface area contributed by atoms with E-state index in [1.165, 1.54) is 5.56 Å². The Hall–Kier alpha value is -2.70. The predicted octanol–water partition coefficient (Wildman–Crippen LogP) is -3.46. The standard InChI is InChI=1S/C23H22N4O.2ClH/c24-15-16-6-8-18(9-7-16)22-19(17-4-2-1-3-5-17)14-20-21(27-22)10-11-25-23(20)26-12-13-28;;/h1-11,14,28H,12-13,15,24H2,(H,25,26);2*1H. The molecular weight excluding hydrogens is 419 g/mol. The molecule has 0 atom stereocenters. The maximum atomic E-state index is 9.17. The first kappa shape index (κ1) is 23.6. The third-order valence-electron chi connectivity index (χ3n) is 4.80. The highest BCUT2D eigenvalue weighted by Crippen LogP contribution is 2.34. The molecule has 0 unspecified atom stereocenters. The SMILES string of the molecule is [Cl-].[Cl-].[NH3+]Cc1ccc(-c2nc3cc[nH+]c(NCCO)c3cc2-c2ccccc2)cc1. The lowest BCUT2D eigenvalue weighted by Crippen LogP contribution is -3.00. The Kier molecular flexibility index (Phi) is 8.57. The van der Waals surface area contributed by atoms with Crippen molar-refractivity contribution in [2.24, 2.45) is 0 Å². The van der Waals surface area contributed by atoms with E-state index in [1.54, 1.807) is 0 Å². The van der Waals surface area contributed by atoms with Crippen molar-refractivity contribution < 1.29 is 40.6 Å². The van der Waals surface area contributed by atoms with Gasteiger partial charge in [0.05, 0.1) is 35.9 Å². The topological polar surface area (TPSA) is 86.9 Å². The second-order valence-corrected chi connectivity index (χ2v) is 6.63. The van der Waals surface area contributed by atoms with Crippen LogP contribution in [0.5, 0.6) is 0 Å². The molecule has 5 nitrogen and oxygen atoms in total. The molecule has 30 heavy (non-hydrogen) atoms. The van der Waals surface area contributed by atoms with Gasteiger partial charge in [-0.05, 0) is 11.6 Å². The highest BCUT2D eigenvalue weighted by atomic mass is 35.5. The van der Waals surface area contributed by atoms with Gasteiger partial charge in [0, 0.05) is 22.8 Å². The summed E-state index contributed by atoms with van der Waals surface area (Å²) < 4.78 is 0. The van der Waals surface area contributed by atoms with Crippen molar-refractivity contribution in [1.29, 1.82) is 0 Å². The second-order valence-electron chi connectivity index (χ2n) is 6.63. The van der Waals surface area contributed by atoms with Crippen molar-refractivity contribution >= 4 is 16.7 Å². The minimum atomic E-state index is 0. The number of H-pyrrole nitrogens is 1. The lowest BCUT2D eigenvalue weighted by Gasteiger charge is -2.12. The molecule has 0 aliphatic heterocycles. The fourth-order valence-corrected chi connectivity index (χ4v) is 3.35. The number of aliphatic hydroxyl groups is 1. The van der Waals surface area contributed by atoms with Crippen molar-refractivity contribution in [2.45, 2.75) is 6.54 Å². The van der Waals surface area contributed by atoms with Gasteiger partial charge in [-0.2, -0.15) is 0 Å². The number of aliphatic hydroxyl groups excluding tert-OH is 1. The number of aromatic nitrogens is 2. The number of rotatable bonds is 6. The van der Waals surface area contributed by atoms with Crippen LogP contribution >= 0.6 is 0 Å². The highest BCUT2D eigenvalue weighted by Gasteiger charge is 2.16. The maximum Gasteiger partial charge on any atom is 0.281 e. The third kappa shape index (κ3) is 4.89. The first-order valence-corrected chi connectivity index (χ1v) is 9.44. The normalized spacial score (nSPS) is 10.2. The van der Waals surface area contributed by atoms with E-state index in [0.29, 0.717) is 6.54 Å². The lowest BCUT2D eigenvalue weighted by molar-refractivity contribution is -0.386. The number of halogens is 2. The molecule has 7 heteroatoms. The molecule has 0 aliphatic carbocycles. The van der Waals surface area contributed by atoms with Gasteiger partial charge in [0.2, 0.25) is 0 Å². The monoisotopic (exact) mass is 442 g/mol. The molecule has 0 radical (unpaired) electrons. The van der Waals surface area contributed by atoms with Crippen LogP contribution in [0, 0.1) is 0 Å². The molecule has 0 bridgehead atoms. The number of fused-ring (bicyclic) bond motifs is 1. The zero-order valence-corrected chi connectivity index (χ0v) is 17.9. The summed E-state index contributed by atoms with van der Waals surface area (Å²) in [5, 5.41) is 13.4. The van der Waals surface area contributed by atoms with E-state index < -0.39 is 0 Å². The number of nitrogens with one attached hydrogen (secondary N) is 2. The molecule has 4 rings (SSSR count).